The Balaban J connectivity index is 0.970. The largest absolute Gasteiger partial charge is 0.309 e. The molecule has 0 atom stereocenters. The number of benzene rings is 11. The van der Waals surface area contributed by atoms with Crippen LogP contribution in [0.4, 0.5) is 17.1 Å². The lowest BCUT2D eigenvalue weighted by molar-refractivity contribution is 1.19. The third-order valence-corrected chi connectivity index (χ3v) is 14.2. The molecule has 13 aromatic rings. The molecule has 0 bridgehead atoms. The van der Waals surface area contributed by atoms with Gasteiger partial charge in [0.1, 0.15) is 0 Å². The van der Waals surface area contributed by atoms with E-state index in [4.69, 9.17) is 0 Å². The summed E-state index contributed by atoms with van der Waals surface area (Å²) in [4.78, 5) is 2.44. The predicted octanol–water partition coefficient (Wildman–Crippen LogP) is 17.4. The molecule has 0 radical (unpaired) electrons. The number of hydrogen-bond acceptors (Lipinski definition) is 2. The summed E-state index contributed by atoms with van der Waals surface area (Å²) >= 11 is 1.90. The maximum atomic E-state index is 2.45. The van der Waals surface area contributed by atoms with E-state index < -0.39 is 0 Å². The molecule has 2 heterocycles. The van der Waals surface area contributed by atoms with Gasteiger partial charge in [-0.2, -0.15) is 0 Å². The second-order valence-corrected chi connectivity index (χ2v) is 17.5. The van der Waals surface area contributed by atoms with Crippen molar-refractivity contribution in [2.45, 2.75) is 0 Å². The SMILES string of the molecule is c1ccc(-n2c3cc(-c4ccc(N(c5ccc(-c6cccc7ccccc67)cc5)c5cccc6c5sc5c7ccccc7ccc65)cc4)ccc3c3ccc4ccccc4c32)cc1. The molecule has 13 rings (SSSR count). The molecular weight excluding hydrogens is 781 g/mol. The van der Waals surface area contributed by atoms with Gasteiger partial charge in [-0.1, -0.05) is 182 Å². The van der Waals surface area contributed by atoms with Crippen LogP contribution in [0.15, 0.2) is 231 Å². The predicted molar refractivity (Wildman–Crippen MR) is 272 cm³/mol. The highest BCUT2D eigenvalue weighted by molar-refractivity contribution is 7.27. The van der Waals surface area contributed by atoms with Gasteiger partial charge in [-0.05, 0) is 97.7 Å². The smallest absolute Gasteiger partial charge is 0.0640 e. The third-order valence-electron chi connectivity index (χ3n) is 13.0. The maximum Gasteiger partial charge on any atom is 0.0640 e. The zero-order chi connectivity index (χ0) is 41.4. The number of anilines is 3. The van der Waals surface area contributed by atoms with Crippen LogP contribution in [0, 0.1) is 0 Å². The first-order chi connectivity index (χ1) is 31.2. The summed E-state index contributed by atoms with van der Waals surface area (Å²) in [6.07, 6.45) is 0. The van der Waals surface area contributed by atoms with Gasteiger partial charge in [0.2, 0.25) is 0 Å². The van der Waals surface area contributed by atoms with Crippen molar-refractivity contribution in [1.29, 1.82) is 0 Å². The second kappa shape index (κ2) is 14.3. The van der Waals surface area contributed by atoms with Crippen molar-refractivity contribution in [1.82, 2.24) is 4.57 Å². The van der Waals surface area contributed by atoms with Crippen LogP contribution in [0.1, 0.15) is 0 Å². The first-order valence-electron chi connectivity index (χ1n) is 21.6. The molecule has 2 nitrogen and oxygen atoms in total. The van der Waals surface area contributed by atoms with E-state index >= 15 is 0 Å². The van der Waals surface area contributed by atoms with Gasteiger partial charge in [0.05, 0.1) is 21.4 Å². The molecule has 3 heteroatoms. The van der Waals surface area contributed by atoms with Crippen LogP contribution in [0.25, 0.3) is 102 Å². The van der Waals surface area contributed by atoms with Crippen LogP contribution in [-0.4, -0.2) is 4.57 Å². The van der Waals surface area contributed by atoms with Gasteiger partial charge in [0.15, 0.2) is 0 Å². The van der Waals surface area contributed by atoms with Gasteiger partial charge in [-0.3, -0.25) is 0 Å². The standard InChI is InChI=1S/C60H38N2S/c1-2-16-45(17-3-1)62-57-38-44(30-35-52(57)53-36-28-41-13-5-8-19-50(41)58(53)62)39-24-31-46(32-25-39)61(47-33-26-43(27-34-47)49-21-10-15-40-12-4-7-18-48(40)49)56-23-11-22-54-55-37-29-42-14-6-9-20-51(42)59(55)63-60(54)56/h1-38H. The molecule has 0 fully saturated rings. The number of para-hydroxylation sites is 1. The summed E-state index contributed by atoms with van der Waals surface area (Å²) in [6, 6.07) is 84.6. The van der Waals surface area contributed by atoms with Gasteiger partial charge < -0.3 is 9.47 Å². The normalized spacial score (nSPS) is 11.8. The lowest BCUT2D eigenvalue weighted by Gasteiger charge is -2.26. The Morgan fingerprint density at radius 1 is 0.333 bits per heavy atom. The van der Waals surface area contributed by atoms with Gasteiger partial charge in [0.25, 0.3) is 0 Å². The fourth-order valence-electron chi connectivity index (χ4n) is 9.99. The van der Waals surface area contributed by atoms with Crippen molar-refractivity contribution >= 4 is 103 Å². The summed E-state index contributed by atoms with van der Waals surface area (Å²) in [6.45, 7) is 0. The Labute approximate surface area is 368 Å². The number of rotatable bonds is 6. The van der Waals surface area contributed by atoms with Crippen molar-refractivity contribution < 1.29 is 0 Å². The van der Waals surface area contributed by atoms with Crippen molar-refractivity contribution in [3.63, 3.8) is 0 Å². The fourth-order valence-corrected chi connectivity index (χ4v) is 11.3. The average molecular weight is 819 g/mol. The van der Waals surface area contributed by atoms with Crippen molar-refractivity contribution in [3.8, 4) is 27.9 Å². The molecule has 0 aliphatic heterocycles. The van der Waals surface area contributed by atoms with Crippen molar-refractivity contribution in [2.75, 3.05) is 4.90 Å². The highest BCUT2D eigenvalue weighted by Gasteiger charge is 2.21. The lowest BCUT2D eigenvalue weighted by Crippen LogP contribution is -2.10. The topological polar surface area (TPSA) is 8.17 Å². The number of nitrogens with zero attached hydrogens (tertiary/aromatic N) is 2. The molecule has 0 aliphatic rings. The maximum absolute atomic E-state index is 2.45. The van der Waals surface area contributed by atoms with Crippen LogP contribution in [0.2, 0.25) is 0 Å². The van der Waals surface area contributed by atoms with Gasteiger partial charge >= 0.3 is 0 Å². The Morgan fingerprint density at radius 2 is 0.873 bits per heavy atom. The third kappa shape index (κ3) is 5.71. The summed E-state index contributed by atoms with van der Waals surface area (Å²) in [5.41, 5.74) is 11.8. The van der Waals surface area contributed by atoms with E-state index in [1.165, 1.54) is 102 Å². The fraction of sp³-hybridized carbons (Fsp3) is 0. The molecule has 2 aromatic heterocycles. The number of thiophene rings is 1. The number of fused-ring (bicyclic) bond motifs is 11. The van der Waals surface area contributed by atoms with Crippen molar-refractivity contribution in [3.05, 3.63) is 231 Å². The molecule has 11 aromatic carbocycles. The Morgan fingerprint density at radius 3 is 1.63 bits per heavy atom. The summed E-state index contributed by atoms with van der Waals surface area (Å²) in [5.74, 6) is 0. The lowest BCUT2D eigenvalue weighted by atomic mass is 9.98. The molecule has 0 aliphatic carbocycles. The summed E-state index contributed by atoms with van der Waals surface area (Å²) < 4.78 is 5.05. The van der Waals surface area contributed by atoms with Gasteiger partial charge in [-0.15, -0.1) is 11.3 Å². The molecule has 0 saturated carbocycles. The van der Waals surface area contributed by atoms with Gasteiger partial charge in [0, 0.05) is 48.7 Å². The zero-order valence-corrected chi connectivity index (χ0v) is 35.1. The monoisotopic (exact) mass is 818 g/mol. The molecule has 0 amide bonds. The van der Waals surface area contributed by atoms with Crippen LogP contribution in [0.5, 0.6) is 0 Å². The quantitative estimate of drug-likeness (QED) is 0.162. The van der Waals surface area contributed by atoms with E-state index in [1.807, 2.05) is 11.3 Å². The van der Waals surface area contributed by atoms with Crippen LogP contribution >= 0.6 is 11.3 Å². The molecule has 294 valence electrons. The van der Waals surface area contributed by atoms with E-state index in [2.05, 4.69) is 240 Å². The summed E-state index contributed by atoms with van der Waals surface area (Å²) in [5, 5.41) is 12.7. The Bertz CT molecular complexity index is 3890. The van der Waals surface area contributed by atoms with Crippen LogP contribution < -0.4 is 4.90 Å². The van der Waals surface area contributed by atoms with E-state index in [-0.39, 0.29) is 0 Å². The summed E-state index contributed by atoms with van der Waals surface area (Å²) in [7, 11) is 0. The number of aromatic nitrogens is 1. The molecule has 0 N–H and O–H groups in total. The molecular formula is C60H38N2S. The van der Waals surface area contributed by atoms with Gasteiger partial charge in [-0.25, -0.2) is 0 Å². The minimum Gasteiger partial charge on any atom is -0.309 e. The first kappa shape index (κ1) is 35.7. The van der Waals surface area contributed by atoms with E-state index in [9.17, 15) is 0 Å². The molecule has 0 spiro atoms. The average Bonchev–Trinajstić information content (AvgIpc) is 3.91. The molecule has 63 heavy (non-hydrogen) atoms. The zero-order valence-electron chi connectivity index (χ0n) is 34.2. The minimum atomic E-state index is 1.11. The molecule has 0 saturated heterocycles. The van der Waals surface area contributed by atoms with E-state index in [1.54, 1.807) is 0 Å². The Hall–Kier alpha value is -7.98. The minimum absolute atomic E-state index is 1.11. The highest BCUT2D eigenvalue weighted by Crippen LogP contribution is 2.47. The van der Waals surface area contributed by atoms with Crippen molar-refractivity contribution in [2.24, 2.45) is 0 Å². The molecule has 0 unspecified atom stereocenters. The highest BCUT2D eigenvalue weighted by atomic mass is 32.1. The number of hydrogen-bond donors (Lipinski definition) is 0. The first-order valence-corrected chi connectivity index (χ1v) is 22.4. The van der Waals surface area contributed by atoms with Crippen LogP contribution in [-0.2, 0) is 0 Å². The Kier molecular flexibility index (Phi) is 8.12. The van der Waals surface area contributed by atoms with E-state index in [0.29, 0.717) is 0 Å². The van der Waals surface area contributed by atoms with E-state index in [0.717, 1.165) is 17.1 Å². The van der Waals surface area contributed by atoms with Crippen LogP contribution in [0.3, 0.4) is 0 Å². The second-order valence-electron chi connectivity index (χ2n) is 16.5.